The fraction of sp³-hybridized carbons (Fsp3) is 1.00. The van der Waals surface area contributed by atoms with E-state index in [1.807, 2.05) is 6.92 Å². The molecule has 0 radical (unpaired) electrons. The Morgan fingerprint density at radius 3 is 2.43 bits per heavy atom. The van der Waals surface area contributed by atoms with Crippen molar-refractivity contribution in [3.8, 4) is 0 Å². The van der Waals surface area contributed by atoms with Gasteiger partial charge >= 0.3 is 0 Å². The highest BCUT2D eigenvalue weighted by Crippen LogP contribution is 2.26. The summed E-state index contributed by atoms with van der Waals surface area (Å²) in [5.74, 6) is 0.632. The summed E-state index contributed by atoms with van der Waals surface area (Å²) in [6.07, 6.45) is 1.12. The summed E-state index contributed by atoms with van der Waals surface area (Å²) in [7, 11) is 0. The summed E-state index contributed by atoms with van der Waals surface area (Å²) >= 11 is 5.52. The SMILES string of the molecule is C[C@@]1(CCl)CCO1. The van der Waals surface area contributed by atoms with Crippen LogP contribution in [0.25, 0.3) is 0 Å². The van der Waals surface area contributed by atoms with Gasteiger partial charge in [-0.25, -0.2) is 0 Å². The zero-order chi connectivity index (χ0) is 5.33. The molecule has 0 aliphatic carbocycles. The van der Waals surface area contributed by atoms with E-state index in [-0.39, 0.29) is 5.60 Å². The normalized spacial score (nSPS) is 40.3. The first-order chi connectivity index (χ1) is 3.27. The summed E-state index contributed by atoms with van der Waals surface area (Å²) in [5, 5.41) is 0. The zero-order valence-corrected chi connectivity index (χ0v) is 5.16. The Morgan fingerprint density at radius 2 is 2.43 bits per heavy atom. The Bertz CT molecular complexity index is 63.0. The maximum atomic E-state index is 5.52. The molecule has 0 saturated carbocycles. The van der Waals surface area contributed by atoms with Crippen molar-refractivity contribution in [2.24, 2.45) is 0 Å². The molecule has 1 atom stereocenters. The molecule has 42 valence electrons. The molecular formula is C5H9ClO. The smallest absolute Gasteiger partial charge is 0.0811 e. The molecule has 2 heteroatoms. The molecule has 0 aromatic heterocycles. The Kier molecular flexibility index (Phi) is 1.26. The second kappa shape index (κ2) is 1.64. The van der Waals surface area contributed by atoms with Crippen molar-refractivity contribution in [3.05, 3.63) is 0 Å². The average molecular weight is 121 g/mol. The van der Waals surface area contributed by atoms with Gasteiger partial charge in [0.1, 0.15) is 0 Å². The molecule has 0 aromatic carbocycles. The summed E-state index contributed by atoms with van der Waals surface area (Å²) in [4.78, 5) is 0. The minimum absolute atomic E-state index is 0.0293. The molecule has 1 heterocycles. The first-order valence-electron chi connectivity index (χ1n) is 2.47. The number of alkyl halides is 1. The molecule has 0 N–H and O–H groups in total. The van der Waals surface area contributed by atoms with Crippen LogP contribution in [0.5, 0.6) is 0 Å². The van der Waals surface area contributed by atoms with Crippen molar-refractivity contribution < 1.29 is 4.74 Å². The Morgan fingerprint density at radius 1 is 1.86 bits per heavy atom. The number of hydrogen-bond acceptors (Lipinski definition) is 1. The van der Waals surface area contributed by atoms with Crippen LogP contribution < -0.4 is 0 Å². The van der Waals surface area contributed by atoms with Crippen LogP contribution >= 0.6 is 11.6 Å². The lowest BCUT2D eigenvalue weighted by molar-refractivity contribution is -0.117. The van der Waals surface area contributed by atoms with Crippen molar-refractivity contribution in [3.63, 3.8) is 0 Å². The van der Waals surface area contributed by atoms with Crippen LogP contribution in [-0.2, 0) is 4.74 Å². The van der Waals surface area contributed by atoms with Gasteiger partial charge in [-0.1, -0.05) is 0 Å². The fourth-order valence-corrected chi connectivity index (χ4v) is 0.767. The monoisotopic (exact) mass is 120 g/mol. The molecule has 0 bridgehead atoms. The van der Waals surface area contributed by atoms with Crippen molar-refractivity contribution in [1.82, 2.24) is 0 Å². The maximum absolute atomic E-state index is 5.52. The van der Waals surface area contributed by atoms with E-state index < -0.39 is 0 Å². The molecule has 1 nitrogen and oxygen atoms in total. The van der Waals surface area contributed by atoms with Crippen LogP contribution in [0, 0.1) is 0 Å². The van der Waals surface area contributed by atoms with E-state index in [0.717, 1.165) is 13.0 Å². The first kappa shape index (κ1) is 5.39. The van der Waals surface area contributed by atoms with Gasteiger partial charge in [0.2, 0.25) is 0 Å². The fourth-order valence-electron chi connectivity index (χ4n) is 0.556. The first-order valence-corrected chi connectivity index (χ1v) is 3.00. The van der Waals surface area contributed by atoms with E-state index in [1.165, 1.54) is 0 Å². The standard InChI is InChI=1S/C5H9ClO/c1-5(4-6)2-3-7-5/h2-4H2,1H3/t5-/m0/s1. The highest BCUT2D eigenvalue weighted by Gasteiger charge is 2.31. The molecule has 1 rings (SSSR count). The van der Waals surface area contributed by atoms with E-state index in [9.17, 15) is 0 Å². The van der Waals surface area contributed by atoms with Crippen LogP contribution in [0.4, 0.5) is 0 Å². The Balaban J connectivity index is 2.29. The van der Waals surface area contributed by atoms with Crippen molar-refractivity contribution >= 4 is 11.6 Å². The number of hydrogen-bond donors (Lipinski definition) is 0. The maximum Gasteiger partial charge on any atom is 0.0811 e. The van der Waals surface area contributed by atoms with E-state index in [0.29, 0.717) is 5.88 Å². The second-order valence-electron chi connectivity index (χ2n) is 2.18. The third kappa shape index (κ3) is 0.892. The lowest BCUT2D eigenvalue weighted by atomic mass is 10.0. The minimum Gasteiger partial charge on any atom is -0.374 e. The quantitative estimate of drug-likeness (QED) is 0.476. The summed E-state index contributed by atoms with van der Waals surface area (Å²) in [6.45, 7) is 2.92. The molecule has 7 heavy (non-hydrogen) atoms. The second-order valence-corrected chi connectivity index (χ2v) is 2.45. The van der Waals surface area contributed by atoms with Gasteiger partial charge in [0, 0.05) is 6.42 Å². The van der Waals surface area contributed by atoms with Gasteiger partial charge in [-0.05, 0) is 6.92 Å². The zero-order valence-electron chi connectivity index (χ0n) is 4.41. The minimum atomic E-state index is 0.0293. The van der Waals surface area contributed by atoms with E-state index in [1.54, 1.807) is 0 Å². The van der Waals surface area contributed by atoms with E-state index in [4.69, 9.17) is 16.3 Å². The molecule has 1 fully saturated rings. The summed E-state index contributed by atoms with van der Waals surface area (Å²) in [5.41, 5.74) is 0.0293. The van der Waals surface area contributed by atoms with Crippen molar-refractivity contribution in [2.45, 2.75) is 18.9 Å². The highest BCUT2D eigenvalue weighted by atomic mass is 35.5. The lowest BCUT2D eigenvalue weighted by Gasteiger charge is -2.36. The van der Waals surface area contributed by atoms with Gasteiger partial charge in [-0.15, -0.1) is 11.6 Å². The Labute approximate surface area is 48.6 Å². The molecule has 0 unspecified atom stereocenters. The van der Waals surface area contributed by atoms with Crippen LogP contribution in [-0.4, -0.2) is 18.1 Å². The van der Waals surface area contributed by atoms with Crippen LogP contribution in [0.3, 0.4) is 0 Å². The number of rotatable bonds is 1. The molecule has 0 amide bonds. The Hall–Kier alpha value is 0.250. The van der Waals surface area contributed by atoms with Crippen molar-refractivity contribution in [2.75, 3.05) is 12.5 Å². The van der Waals surface area contributed by atoms with Gasteiger partial charge in [0.25, 0.3) is 0 Å². The van der Waals surface area contributed by atoms with Gasteiger partial charge in [0.15, 0.2) is 0 Å². The van der Waals surface area contributed by atoms with Gasteiger partial charge in [0.05, 0.1) is 18.1 Å². The number of ether oxygens (including phenoxy) is 1. The molecule has 0 aromatic rings. The van der Waals surface area contributed by atoms with Crippen LogP contribution in [0.1, 0.15) is 13.3 Å². The van der Waals surface area contributed by atoms with E-state index in [2.05, 4.69) is 0 Å². The number of halogens is 1. The van der Waals surface area contributed by atoms with Gasteiger partial charge in [-0.2, -0.15) is 0 Å². The topological polar surface area (TPSA) is 9.23 Å². The lowest BCUT2D eigenvalue weighted by Crippen LogP contribution is -2.42. The van der Waals surface area contributed by atoms with Crippen molar-refractivity contribution in [1.29, 1.82) is 0 Å². The van der Waals surface area contributed by atoms with E-state index >= 15 is 0 Å². The molecule has 1 saturated heterocycles. The molecule has 1 aliphatic rings. The molecule has 0 spiro atoms. The third-order valence-electron chi connectivity index (χ3n) is 1.36. The van der Waals surface area contributed by atoms with Crippen LogP contribution in [0.2, 0.25) is 0 Å². The third-order valence-corrected chi connectivity index (χ3v) is 1.93. The highest BCUT2D eigenvalue weighted by molar-refractivity contribution is 6.18. The summed E-state index contributed by atoms with van der Waals surface area (Å²) in [6, 6.07) is 0. The van der Waals surface area contributed by atoms with Gasteiger partial charge in [-0.3, -0.25) is 0 Å². The average Bonchev–Trinajstić information content (AvgIpc) is 1.61. The van der Waals surface area contributed by atoms with Crippen LogP contribution in [0.15, 0.2) is 0 Å². The predicted molar refractivity (Wildman–Crippen MR) is 29.7 cm³/mol. The van der Waals surface area contributed by atoms with Gasteiger partial charge < -0.3 is 4.74 Å². The predicted octanol–water partition coefficient (Wildman–Crippen LogP) is 1.40. The largest absolute Gasteiger partial charge is 0.374 e. The molecular weight excluding hydrogens is 112 g/mol. The summed E-state index contributed by atoms with van der Waals surface area (Å²) < 4.78 is 5.14. The molecule has 1 aliphatic heterocycles.